The van der Waals surface area contributed by atoms with E-state index in [9.17, 15) is 4.39 Å². The lowest BCUT2D eigenvalue weighted by Crippen LogP contribution is -2.33. The highest BCUT2D eigenvalue weighted by molar-refractivity contribution is 6.30. The summed E-state index contributed by atoms with van der Waals surface area (Å²) in [6, 6.07) is 9.23. The molecule has 4 heteroatoms. The lowest BCUT2D eigenvalue weighted by molar-refractivity contribution is 0.519. The number of halogens is 2. The molecule has 0 fully saturated rings. The van der Waals surface area contributed by atoms with Crippen LogP contribution in [-0.4, -0.2) is 17.6 Å². The summed E-state index contributed by atoms with van der Waals surface area (Å²) in [5, 5.41) is 3.60. The highest BCUT2D eigenvalue weighted by Gasteiger charge is 2.11. The van der Waals surface area contributed by atoms with Gasteiger partial charge in [0.25, 0.3) is 0 Å². The number of hydrogen-bond acceptors (Lipinski definition) is 2. The van der Waals surface area contributed by atoms with E-state index in [-0.39, 0.29) is 16.9 Å². The summed E-state index contributed by atoms with van der Waals surface area (Å²) in [7, 11) is 0. The molecule has 20 heavy (non-hydrogen) atoms. The second-order valence-corrected chi connectivity index (χ2v) is 5.18. The molecule has 0 aliphatic rings. The molecule has 0 aliphatic heterocycles. The van der Waals surface area contributed by atoms with Crippen LogP contribution in [0.1, 0.15) is 18.1 Å². The van der Waals surface area contributed by atoms with Crippen LogP contribution < -0.4 is 5.32 Å². The van der Waals surface area contributed by atoms with Crippen molar-refractivity contribution in [2.24, 2.45) is 0 Å². The first-order valence-electron chi connectivity index (χ1n) is 6.75. The number of nitrogens with one attached hydrogen (secondary N) is 1. The average Bonchev–Trinajstić information content (AvgIpc) is 2.44. The minimum atomic E-state index is -0.360. The monoisotopic (exact) mass is 292 g/mol. The van der Waals surface area contributed by atoms with Gasteiger partial charge in [-0.25, -0.2) is 4.39 Å². The number of pyridine rings is 1. The van der Waals surface area contributed by atoms with Gasteiger partial charge in [0.05, 0.1) is 5.02 Å². The van der Waals surface area contributed by atoms with E-state index in [1.54, 1.807) is 12.3 Å². The molecular formula is C16H18ClFN2. The van der Waals surface area contributed by atoms with Crippen molar-refractivity contribution in [2.45, 2.75) is 25.8 Å². The Kier molecular flexibility index (Phi) is 5.50. The van der Waals surface area contributed by atoms with Crippen molar-refractivity contribution in [2.75, 3.05) is 6.54 Å². The number of aromatic nitrogens is 1. The van der Waals surface area contributed by atoms with Gasteiger partial charge in [-0.15, -0.1) is 0 Å². The molecule has 106 valence electrons. The van der Waals surface area contributed by atoms with E-state index in [1.807, 2.05) is 18.3 Å². The van der Waals surface area contributed by atoms with Crippen LogP contribution in [0.5, 0.6) is 0 Å². The van der Waals surface area contributed by atoms with Crippen LogP contribution in [0, 0.1) is 5.82 Å². The number of hydrogen-bond donors (Lipinski definition) is 1. The summed E-state index contributed by atoms with van der Waals surface area (Å²) < 4.78 is 13.5. The quantitative estimate of drug-likeness (QED) is 0.879. The van der Waals surface area contributed by atoms with Crippen LogP contribution in [0.4, 0.5) is 4.39 Å². The Bertz CT molecular complexity index is 545. The van der Waals surface area contributed by atoms with Gasteiger partial charge in [-0.1, -0.05) is 30.7 Å². The Hall–Kier alpha value is -1.45. The van der Waals surface area contributed by atoms with Crippen molar-refractivity contribution in [1.82, 2.24) is 10.3 Å². The van der Waals surface area contributed by atoms with Gasteiger partial charge in [-0.3, -0.25) is 4.98 Å². The third-order valence-electron chi connectivity index (χ3n) is 3.16. The number of benzene rings is 1. The van der Waals surface area contributed by atoms with Crippen LogP contribution in [0.3, 0.4) is 0 Å². The third-order valence-corrected chi connectivity index (χ3v) is 3.47. The molecule has 0 amide bonds. The molecule has 0 spiro atoms. The Morgan fingerprint density at radius 1 is 1.25 bits per heavy atom. The number of rotatable bonds is 6. The van der Waals surface area contributed by atoms with E-state index in [4.69, 9.17) is 11.6 Å². The average molecular weight is 293 g/mol. The van der Waals surface area contributed by atoms with Crippen molar-refractivity contribution in [1.29, 1.82) is 0 Å². The van der Waals surface area contributed by atoms with E-state index < -0.39 is 0 Å². The molecule has 1 atom stereocenters. The molecule has 1 N–H and O–H groups in total. The van der Waals surface area contributed by atoms with Gasteiger partial charge in [-0.05, 0) is 48.7 Å². The van der Waals surface area contributed by atoms with Crippen molar-refractivity contribution in [3.05, 3.63) is 64.7 Å². The first-order valence-corrected chi connectivity index (χ1v) is 7.13. The standard InChI is InChI=1S/C16H18ClFN2/c1-2-20-14(9-13-4-3-7-19-11-13)8-12-5-6-15(17)16(18)10-12/h3-7,10-11,14,20H,2,8-9H2,1H3. The molecule has 0 radical (unpaired) electrons. The highest BCUT2D eigenvalue weighted by Crippen LogP contribution is 2.17. The zero-order chi connectivity index (χ0) is 14.4. The lowest BCUT2D eigenvalue weighted by atomic mass is 10.00. The van der Waals surface area contributed by atoms with Crippen LogP contribution in [0.2, 0.25) is 5.02 Å². The zero-order valence-electron chi connectivity index (χ0n) is 11.4. The van der Waals surface area contributed by atoms with E-state index in [2.05, 4.69) is 23.3 Å². The van der Waals surface area contributed by atoms with Crippen LogP contribution in [-0.2, 0) is 12.8 Å². The zero-order valence-corrected chi connectivity index (χ0v) is 12.2. The highest BCUT2D eigenvalue weighted by atomic mass is 35.5. The number of likely N-dealkylation sites (N-methyl/N-ethyl adjacent to an activating group) is 1. The fourth-order valence-corrected chi connectivity index (χ4v) is 2.38. The maximum absolute atomic E-state index is 13.5. The first kappa shape index (κ1) is 14.9. The molecule has 0 aliphatic carbocycles. The SMILES string of the molecule is CCNC(Cc1cccnc1)Cc1ccc(Cl)c(F)c1. The Morgan fingerprint density at radius 3 is 2.70 bits per heavy atom. The van der Waals surface area contributed by atoms with Crippen molar-refractivity contribution in [3.8, 4) is 0 Å². The predicted molar refractivity (Wildman–Crippen MR) is 80.5 cm³/mol. The van der Waals surface area contributed by atoms with Crippen LogP contribution in [0.25, 0.3) is 0 Å². The summed E-state index contributed by atoms with van der Waals surface area (Å²) in [6.07, 6.45) is 5.26. The van der Waals surface area contributed by atoms with Crippen molar-refractivity contribution in [3.63, 3.8) is 0 Å². The van der Waals surface area contributed by atoms with E-state index in [0.717, 1.165) is 24.9 Å². The second kappa shape index (κ2) is 7.36. The molecule has 2 aromatic rings. The maximum atomic E-state index is 13.5. The van der Waals surface area contributed by atoms with Gasteiger partial charge in [0.15, 0.2) is 0 Å². The molecular weight excluding hydrogens is 275 g/mol. The second-order valence-electron chi connectivity index (χ2n) is 4.77. The van der Waals surface area contributed by atoms with E-state index >= 15 is 0 Å². The molecule has 0 bridgehead atoms. The fourth-order valence-electron chi connectivity index (χ4n) is 2.26. The predicted octanol–water partition coefficient (Wildman–Crippen LogP) is 3.64. The lowest BCUT2D eigenvalue weighted by Gasteiger charge is -2.18. The smallest absolute Gasteiger partial charge is 0.142 e. The van der Waals surface area contributed by atoms with Gasteiger partial charge in [-0.2, -0.15) is 0 Å². The summed E-state index contributed by atoms with van der Waals surface area (Å²) in [5.41, 5.74) is 2.12. The normalized spacial score (nSPS) is 12.3. The van der Waals surface area contributed by atoms with Gasteiger partial charge < -0.3 is 5.32 Å². The largest absolute Gasteiger partial charge is 0.314 e. The molecule has 1 aromatic carbocycles. The van der Waals surface area contributed by atoms with Crippen LogP contribution in [0.15, 0.2) is 42.7 Å². The minimum absolute atomic E-state index is 0.168. The Labute approximate surface area is 124 Å². The van der Waals surface area contributed by atoms with Gasteiger partial charge >= 0.3 is 0 Å². The third kappa shape index (κ3) is 4.29. The summed E-state index contributed by atoms with van der Waals surface area (Å²) in [5.74, 6) is -0.360. The van der Waals surface area contributed by atoms with Crippen molar-refractivity contribution >= 4 is 11.6 Å². The van der Waals surface area contributed by atoms with Gasteiger partial charge in [0, 0.05) is 18.4 Å². The summed E-state index contributed by atoms with van der Waals surface area (Å²) in [6.45, 7) is 2.94. The summed E-state index contributed by atoms with van der Waals surface area (Å²) in [4.78, 5) is 4.13. The minimum Gasteiger partial charge on any atom is -0.314 e. The molecule has 1 unspecified atom stereocenters. The fraction of sp³-hybridized carbons (Fsp3) is 0.312. The van der Waals surface area contributed by atoms with Gasteiger partial charge in [0.2, 0.25) is 0 Å². The topological polar surface area (TPSA) is 24.9 Å². The maximum Gasteiger partial charge on any atom is 0.142 e. The Morgan fingerprint density at radius 2 is 2.05 bits per heavy atom. The van der Waals surface area contributed by atoms with Crippen molar-refractivity contribution < 1.29 is 4.39 Å². The molecule has 0 saturated heterocycles. The molecule has 2 nitrogen and oxygen atoms in total. The summed E-state index contributed by atoms with van der Waals surface area (Å²) >= 11 is 5.71. The molecule has 0 saturated carbocycles. The van der Waals surface area contributed by atoms with E-state index in [1.165, 1.54) is 11.6 Å². The number of nitrogens with zero attached hydrogens (tertiary/aromatic N) is 1. The molecule has 1 aromatic heterocycles. The van der Waals surface area contributed by atoms with E-state index in [0.29, 0.717) is 0 Å². The van der Waals surface area contributed by atoms with Gasteiger partial charge in [0.1, 0.15) is 5.82 Å². The first-order chi connectivity index (χ1) is 9.69. The molecule has 1 heterocycles. The Balaban J connectivity index is 2.06. The molecule has 2 rings (SSSR count). The van der Waals surface area contributed by atoms with Crippen LogP contribution >= 0.6 is 11.6 Å².